The number of nitrogens with one attached hydrogen (secondary N) is 2. The minimum atomic E-state index is -0.108. The Hall–Kier alpha value is -3.86. The molecule has 0 aliphatic heterocycles. The lowest BCUT2D eigenvalue weighted by Crippen LogP contribution is -2.26. The maximum Gasteiger partial charge on any atom is 0.252 e. The second-order valence-corrected chi connectivity index (χ2v) is 7.42. The number of fused-ring (bicyclic) bond motifs is 1. The number of aryl methyl sites for hydroxylation is 1. The van der Waals surface area contributed by atoms with Crippen LogP contribution in [0.1, 0.15) is 21.5 Å². The highest BCUT2D eigenvalue weighted by Crippen LogP contribution is 2.24. The van der Waals surface area contributed by atoms with Crippen LogP contribution in [0.3, 0.4) is 0 Å². The van der Waals surface area contributed by atoms with Crippen molar-refractivity contribution in [2.45, 2.75) is 13.3 Å². The number of carbonyl (C=O) groups is 1. The van der Waals surface area contributed by atoms with Crippen LogP contribution in [0.4, 0.5) is 11.5 Å². The zero-order valence-corrected chi connectivity index (χ0v) is 17.7. The Labute approximate surface area is 182 Å². The molecule has 0 aliphatic rings. The first-order valence-corrected chi connectivity index (χ1v) is 10.3. The monoisotopic (exact) mass is 411 g/mol. The quantitative estimate of drug-likeness (QED) is 0.435. The third kappa shape index (κ3) is 5.01. The molecule has 0 saturated carbocycles. The first-order valence-electron chi connectivity index (χ1n) is 10.3. The Morgan fingerprint density at radius 3 is 2.45 bits per heavy atom. The first kappa shape index (κ1) is 20.4. The van der Waals surface area contributed by atoms with Crippen molar-refractivity contribution < 1.29 is 9.53 Å². The van der Waals surface area contributed by atoms with Crippen molar-refractivity contribution >= 4 is 28.3 Å². The fourth-order valence-corrected chi connectivity index (χ4v) is 3.42. The summed E-state index contributed by atoms with van der Waals surface area (Å²) >= 11 is 0. The number of rotatable bonds is 7. The standard InChI is InChI=1S/C26H25N3O2/c1-18-7-9-19(10-8-18)15-16-27-26(30)23-17-25(29-24-6-4-3-5-22(23)24)28-20-11-13-21(31-2)14-12-20/h3-14,17H,15-16H2,1-2H3,(H,27,30)(H,28,29). The van der Waals surface area contributed by atoms with Gasteiger partial charge < -0.3 is 15.4 Å². The summed E-state index contributed by atoms with van der Waals surface area (Å²) in [6, 6.07) is 25.4. The number of hydrogen-bond acceptors (Lipinski definition) is 4. The zero-order valence-electron chi connectivity index (χ0n) is 17.7. The van der Waals surface area contributed by atoms with Crippen LogP contribution in [-0.4, -0.2) is 24.5 Å². The molecular weight excluding hydrogens is 386 g/mol. The summed E-state index contributed by atoms with van der Waals surface area (Å²) in [6.45, 7) is 2.64. The van der Waals surface area contributed by atoms with Gasteiger partial charge in [-0.05, 0) is 55.3 Å². The average Bonchev–Trinajstić information content (AvgIpc) is 2.80. The molecule has 5 nitrogen and oxygen atoms in total. The third-order valence-corrected chi connectivity index (χ3v) is 5.14. The number of ether oxygens (including phenoxy) is 1. The molecule has 3 aromatic carbocycles. The van der Waals surface area contributed by atoms with E-state index >= 15 is 0 Å². The van der Waals surface area contributed by atoms with Crippen molar-refractivity contribution in [3.63, 3.8) is 0 Å². The highest BCUT2D eigenvalue weighted by molar-refractivity contribution is 6.07. The molecule has 2 N–H and O–H groups in total. The lowest BCUT2D eigenvalue weighted by Gasteiger charge is -2.12. The molecule has 0 aliphatic carbocycles. The molecule has 0 bridgehead atoms. The van der Waals surface area contributed by atoms with E-state index in [1.54, 1.807) is 13.2 Å². The van der Waals surface area contributed by atoms with Crippen LogP contribution in [0, 0.1) is 6.92 Å². The van der Waals surface area contributed by atoms with Gasteiger partial charge in [0.05, 0.1) is 18.2 Å². The van der Waals surface area contributed by atoms with Gasteiger partial charge in [-0.15, -0.1) is 0 Å². The summed E-state index contributed by atoms with van der Waals surface area (Å²) in [6.07, 6.45) is 0.784. The Morgan fingerprint density at radius 1 is 0.968 bits per heavy atom. The summed E-state index contributed by atoms with van der Waals surface area (Å²) in [4.78, 5) is 17.7. The third-order valence-electron chi connectivity index (χ3n) is 5.14. The van der Waals surface area contributed by atoms with E-state index in [2.05, 4.69) is 46.8 Å². The van der Waals surface area contributed by atoms with Crippen molar-refractivity contribution in [1.82, 2.24) is 10.3 Å². The fourth-order valence-electron chi connectivity index (χ4n) is 3.42. The average molecular weight is 412 g/mol. The van der Waals surface area contributed by atoms with Crippen molar-refractivity contribution in [2.24, 2.45) is 0 Å². The highest BCUT2D eigenvalue weighted by atomic mass is 16.5. The number of anilines is 2. The summed E-state index contributed by atoms with van der Waals surface area (Å²) in [5, 5.41) is 7.16. The number of pyridine rings is 1. The Bertz CT molecular complexity index is 1190. The SMILES string of the molecule is COc1ccc(Nc2cc(C(=O)NCCc3ccc(C)cc3)c3ccccc3n2)cc1. The van der Waals surface area contributed by atoms with Crippen LogP contribution >= 0.6 is 0 Å². The summed E-state index contributed by atoms with van der Waals surface area (Å²) < 4.78 is 5.21. The molecule has 1 heterocycles. The zero-order chi connectivity index (χ0) is 21.6. The van der Waals surface area contributed by atoms with Crippen molar-refractivity contribution in [1.29, 1.82) is 0 Å². The van der Waals surface area contributed by atoms with Crippen molar-refractivity contribution in [3.8, 4) is 5.75 Å². The fraction of sp³-hybridized carbons (Fsp3) is 0.154. The minimum absolute atomic E-state index is 0.108. The number of carbonyl (C=O) groups excluding carboxylic acids is 1. The molecule has 0 fully saturated rings. The number of hydrogen-bond donors (Lipinski definition) is 2. The van der Waals surface area contributed by atoms with E-state index in [-0.39, 0.29) is 5.91 Å². The Morgan fingerprint density at radius 2 is 1.71 bits per heavy atom. The lowest BCUT2D eigenvalue weighted by molar-refractivity contribution is 0.0955. The summed E-state index contributed by atoms with van der Waals surface area (Å²) in [7, 11) is 1.64. The predicted molar refractivity (Wildman–Crippen MR) is 125 cm³/mol. The smallest absolute Gasteiger partial charge is 0.252 e. The van der Waals surface area contributed by atoms with Crippen LogP contribution in [0.25, 0.3) is 10.9 Å². The molecule has 0 saturated heterocycles. The van der Waals surface area contributed by atoms with E-state index in [0.717, 1.165) is 28.8 Å². The van der Waals surface area contributed by atoms with Crippen LogP contribution in [0.15, 0.2) is 78.9 Å². The van der Waals surface area contributed by atoms with Crippen LogP contribution in [0.5, 0.6) is 5.75 Å². The molecule has 4 rings (SSSR count). The number of amides is 1. The van der Waals surface area contributed by atoms with Gasteiger partial charge in [-0.1, -0.05) is 48.0 Å². The maximum absolute atomic E-state index is 13.0. The van der Waals surface area contributed by atoms with Gasteiger partial charge in [-0.2, -0.15) is 0 Å². The topological polar surface area (TPSA) is 63.2 Å². The summed E-state index contributed by atoms with van der Waals surface area (Å²) in [5.74, 6) is 1.29. The van der Waals surface area contributed by atoms with Gasteiger partial charge >= 0.3 is 0 Å². The van der Waals surface area contributed by atoms with Gasteiger partial charge in [-0.3, -0.25) is 4.79 Å². The summed E-state index contributed by atoms with van der Waals surface area (Å²) in [5.41, 5.74) is 4.67. The lowest BCUT2D eigenvalue weighted by atomic mass is 10.1. The van der Waals surface area contributed by atoms with Gasteiger partial charge in [0.15, 0.2) is 0 Å². The largest absolute Gasteiger partial charge is 0.497 e. The number of aromatic nitrogens is 1. The van der Waals surface area contributed by atoms with E-state index in [0.29, 0.717) is 17.9 Å². The number of para-hydroxylation sites is 1. The normalized spacial score (nSPS) is 10.6. The molecule has 156 valence electrons. The molecule has 0 atom stereocenters. The Balaban J connectivity index is 1.53. The highest BCUT2D eigenvalue weighted by Gasteiger charge is 2.13. The molecule has 31 heavy (non-hydrogen) atoms. The van der Waals surface area contributed by atoms with Crippen LogP contribution < -0.4 is 15.4 Å². The molecular formula is C26H25N3O2. The second-order valence-electron chi connectivity index (χ2n) is 7.42. The van der Waals surface area contributed by atoms with Gasteiger partial charge in [0.2, 0.25) is 0 Å². The molecule has 0 spiro atoms. The van der Waals surface area contributed by atoms with E-state index in [9.17, 15) is 4.79 Å². The molecule has 0 unspecified atom stereocenters. The number of methoxy groups -OCH3 is 1. The number of nitrogens with zero attached hydrogens (tertiary/aromatic N) is 1. The maximum atomic E-state index is 13.0. The molecule has 0 radical (unpaired) electrons. The van der Waals surface area contributed by atoms with E-state index in [1.807, 2.05) is 48.5 Å². The van der Waals surface area contributed by atoms with Crippen molar-refractivity contribution in [3.05, 3.63) is 95.6 Å². The van der Waals surface area contributed by atoms with E-state index in [4.69, 9.17) is 4.74 Å². The minimum Gasteiger partial charge on any atom is -0.497 e. The molecule has 1 amide bonds. The van der Waals surface area contributed by atoms with Gasteiger partial charge in [0, 0.05) is 17.6 Å². The Kier molecular flexibility index (Phi) is 6.13. The second kappa shape index (κ2) is 9.30. The van der Waals surface area contributed by atoms with Gasteiger partial charge in [0.1, 0.15) is 11.6 Å². The molecule has 4 aromatic rings. The van der Waals surface area contributed by atoms with Crippen LogP contribution in [-0.2, 0) is 6.42 Å². The molecule has 1 aromatic heterocycles. The molecule has 5 heteroatoms. The predicted octanol–water partition coefficient (Wildman–Crippen LogP) is 5.27. The van der Waals surface area contributed by atoms with E-state index in [1.165, 1.54) is 11.1 Å². The first-order chi connectivity index (χ1) is 15.1. The number of benzene rings is 3. The van der Waals surface area contributed by atoms with Crippen LogP contribution in [0.2, 0.25) is 0 Å². The van der Waals surface area contributed by atoms with E-state index < -0.39 is 0 Å². The van der Waals surface area contributed by atoms with Crippen molar-refractivity contribution in [2.75, 3.05) is 19.0 Å². The van der Waals surface area contributed by atoms with Gasteiger partial charge in [0.25, 0.3) is 5.91 Å². The van der Waals surface area contributed by atoms with Gasteiger partial charge in [-0.25, -0.2) is 4.98 Å².